The Kier molecular flexibility index (Phi) is 6.90. The lowest BCUT2D eigenvalue weighted by Crippen LogP contribution is -2.57. The highest BCUT2D eigenvalue weighted by Crippen LogP contribution is 2.38. The molecule has 0 radical (unpaired) electrons. The molecule has 0 aliphatic carbocycles. The van der Waals surface area contributed by atoms with E-state index in [9.17, 15) is 4.79 Å². The van der Waals surface area contributed by atoms with Crippen LogP contribution in [0.2, 0.25) is 0 Å². The van der Waals surface area contributed by atoms with Gasteiger partial charge in [0.1, 0.15) is 12.0 Å². The van der Waals surface area contributed by atoms with Gasteiger partial charge < -0.3 is 18.7 Å². The van der Waals surface area contributed by atoms with Gasteiger partial charge in [0.05, 0.1) is 46.1 Å². The molecule has 0 N–H and O–H groups in total. The van der Waals surface area contributed by atoms with Crippen LogP contribution in [0.25, 0.3) is 0 Å². The molecule has 2 saturated heterocycles. The topological polar surface area (TPSA) is 44.8 Å². The van der Waals surface area contributed by atoms with E-state index in [-0.39, 0.29) is 12.1 Å². The highest BCUT2D eigenvalue weighted by atomic mass is 16.5. The van der Waals surface area contributed by atoms with E-state index in [1.54, 1.807) is 0 Å². The number of esters is 1. The predicted octanol–water partition coefficient (Wildman–Crippen LogP) is 2.92. The van der Waals surface area contributed by atoms with Crippen LogP contribution in [-0.4, -0.2) is 69.7 Å². The quantitative estimate of drug-likeness (QED) is 0.398. The zero-order valence-electron chi connectivity index (χ0n) is 16.8. The zero-order valence-corrected chi connectivity index (χ0v) is 16.8. The lowest BCUT2D eigenvalue weighted by atomic mass is 9.72. The summed E-state index contributed by atoms with van der Waals surface area (Å²) in [4.78, 5) is 12.9. The molecular weight excluding hydrogens is 342 g/mol. The Morgan fingerprint density at radius 3 is 2.63 bits per heavy atom. The number of ether oxygens (including phenoxy) is 3. The van der Waals surface area contributed by atoms with E-state index in [1.165, 1.54) is 0 Å². The summed E-state index contributed by atoms with van der Waals surface area (Å²) >= 11 is 0. The van der Waals surface area contributed by atoms with Crippen molar-refractivity contribution in [1.29, 1.82) is 0 Å². The summed E-state index contributed by atoms with van der Waals surface area (Å²) in [6, 6.07) is 10.2. The molecule has 150 valence electrons. The molecule has 0 aromatic heterocycles. The number of benzene rings is 1. The highest BCUT2D eigenvalue weighted by molar-refractivity contribution is 5.83. The SMILES string of the molecule is CCOC(=O)C1(c2ccccc2)CC[N+](C)(CCOCC2CCCO2)CC1. The molecule has 2 heterocycles. The molecule has 0 saturated carbocycles. The summed E-state index contributed by atoms with van der Waals surface area (Å²) in [6.07, 6.45) is 4.18. The lowest BCUT2D eigenvalue weighted by Gasteiger charge is -2.45. The number of piperidine rings is 1. The first-order valence-corrected chi connectivity index (χ1v) is 10.3. The van der Waals surface area contributed by atoms with Crippen molar-refractivity contribution in [3.05, 3.63) is 35.9 Å². The van der Waals surface area contributed by atoms with E-state index in [0.29, 0.717) is 13.2 Å². The number of likely N-dealkylation sites (tertiary alicyclic amines) is 1. The predicted molar refractivity (Wildman–Crippen MR) is 105 cm³/mol. The van der Waals surface area contributed by atoms with E-state index in [4.69, 9.17) is 14.2 Å². The lowest BCUT2D eigenvalue weighted by molar-refractivity contribution is -0.915. The fourth-order valence-corrected chi connectivity index (χ4v) is 4.29. The summed E-state index contributed by atoms with van der Waals surface area (Å²) < 4.78 is 17.9. The fourth-order valence-electron chi connectivity index (χ4n) is 4.29. The van der Waals surface area contributed by atoms with Gasteiger partial charge in [-0.2, -0.15) is 0 Å². The van der Waals surface area contributed by atoms with Crippen molar-refractivity contribution in [2.75, 3.05) is 53.1 Å². The van der Waals surface area contributed by atoms with Crippen molar-refractivity contribution in [3.8, 4) is 0 Å². The molecule has 0 spiro atoms. The third-order valence-corrected chi connectivity index (χ3v) is 6.25. The van der Waals surface area contributed by atoms with E-state index in [0.717, 1.165) is 68.6 Å². The minimum atomic E-state index is -0.506. The maximum Gasteiger partial charge on any atom is 0.317 e. The second kappa shape index (κ2) is 9.18. The first-order chi connectivity index (χ1) is 13.1. The smallest absolute Gasteiger partial charge is 0.317 e. The molecule has 3 rings (SSSR count). The van der Waals surface area contributed by atoms with Gasteiger partial charge >= 0.3 is 5.97 Å². The van der Waals surface area contributed by atoms with Crippen molar-refractivity contribution < 1.29 is 23.5 Å². The first kappa shape index (κ1) is 20.3. The Labute approximate surface area is 163 Å². The largest absolute Gasteiger partial charge is 0.465 e. The van der Waals surface area contributed by atoms with Crippen LogP contribution in [0.5, 0.6) is 0 Å². The second-order valence-electron chi connectivity index (χ2n) is 8.17. The van der Waals surface area contributed by atoms with Crippen molar-refractivity contribution in [2.45, 2.75) is 44.1 Å². The Morgan fingerprint density at radius 1 is 1.26 bits per heavy atom. The summed E-state index contributed by atoms with van der Waals surface area (Å²) in [6.45, 7) is 7.51. The van der Waals surface area contributed by atoms with Gasteiger partial charge in [-0.05, 0) is 25.3 Å². The average molecular weight is 377 g/mol. The summed E-state index contributed by atoms with van der Waals surface area (Å²) in [7, 11) is 2.27. The monoisotopic (exact) mass is 376 g/mol. The third-order valence-electron chi connectivity index (χ3n) is 6.25. The average Bonchev–Trinajstić information content (AvgIpc) is 3.21. The van der Waals surface area contributed by atoms with Crippen LogP contribution >= 0.6 is 0 Å². The van der Waals surface area contributed by atoms with Gasteiger partial charge in [-0.3, -0.25) is 4.79 Å². The Bertz CT molecular complexity index is 590. The van der Waals surface area contributed by atoms with E-state index < -0.39 is 5.41 Å². The Hall–Kier alpha value is -1.43. The third kappa shape index (κ3) is 4.89. The number of rotatable bonds is 8. The van der Waals surface area contributed by atoms with Crippen LogP contribution in [0, 0.1) is 0 Å². The van der Waals surface area contributed by atoms with Gasteiger partial charge in [0.2, 0.25) is 0 Å². The number of hydrogen-bond acceptors (Lipinski definition) is 4. The van der Waals surface area contributed by atoms with E-state index in [1.807, 2.05) is 25.1 Å². The molecule has 0 amide bonds. The number of nitrogens with zero attached hydrogens (tertiary/aromatic N) is 1. The molecule has 27 heavy (non-hydrogen) atoms. The van der Waals surface area contributed by atoms with Crippen molar-refractivity contribution >= 4 is 5.97 Å². The van der Waals surface area contributed by atoms with E-state index >= 15 is 0 Å². The molecular formula is C22H34NO4+. The van der Waals surface area contributed by atoms with Gasteiger partial charge in [0.15, 0.2) is 0 Å². The molecule has 5 heteroatoms. The van der Waals surface area contributed by atoms with E-state index in [2.05, 4.69) is 19.2 Å². The first-order valence-electron chi connectivity index (χ1n) is 10.3. The molecule has 2 aliphatic rings. The number of likely N-dealkylation sites (N-methyl/N-ethyl adjacent to an activating group) is 1. The molecule has 1 atom stereocenters. The van der Waals surface area contributed by atoms with Crippen molar-refractivity contribution in [2.24, 2.45) is 0 Å². The summed E-state index contributed by atoms with van der Waals surface area (Å²) in [5.41, 5.74) is 0.581. The standard InChI is InChI=1S/C22H34NO4/c1-3-26-21(24)22(19-8-5-4-6-9-19)11-13-23(2,14-12-22)15-17-25-18-20-10-7-16-27-20/h4-6,8-9,20H,3,7,10-18H2,1-2H3/q+1. The maximum absolute atomic E-state index is 12.9. The van der Waals surface area contributed by atoms with Crippen LogP contribution in [0.3, 0.4) is 0 Å². The van der Waals surface area contributed by atoms with Crippen LogP contribution in [0.1, 0.15) is 38.2 Å². The van der Waals surface area contributed by atoms with Crippen LogP contribution in [0.15, 0.2) is 30.3 Å². The van der Waals surface area contributed by atoms with Gasteiger partial charge in [0.25, 0.3) is 0 Å². The molecule has 1 aromatic carbocycles. The minimum Gasteiger partial charge on any atom is -0.465 e. The number of carbonyl (C=O) groups excluding carboxylic acids is 1. The van der Waals surface area contributed by atoms with Gasteiger partial charge in [-0.25, -0.2) is 0 Å². The normalized spacial score (nSPS) is 31.0. The minimum absolute atomic E-state index is 0.0721. The van der Waals surface area contributed by atoms with Gasteiger partial charge in [0, 0.05) is 19.4 Å². The van der Waals surface area contributed by atoms with Crippen molar-refractivity contribution in [3.63, 3.8) is 0 Å². The maximum atomic E-state index is 12.9. The fraction of sp³-hybridized carbons (Fsp3) is 0.682. The molecule has 2 fully saturated rings. The number of carbonyl (C=O) groups is 1. The van der Waals surface area contributed by atoms with Crippen LogP contribution < -0.4 is 0 Å². The zero-order chi connectivity index (χ0) is 19.2. The molecule has 1 aromatic rings. The Balaban J connectivity index is 1.57. The van der Waals surface area contributed by atoms with Gasteiger partial charge in [-0.1, -0.05) is 30.3 Å². The number of hydrogen-bond donors (Lipinski definition) is 0. The van der Waals surface area contributed by atoms with Gasteiger partial charge in [-0.15, -0.1) is 0 Å². The second-order valence-corrected chi connectivity index (χ2v) is 8.17. The molecule has 0 bridgehead atoms. The number of quaternary nitrogens is 1. The molecule has 1 unspecified atom stereocenters. The summed E-state index contributed by atoms with van der Waals surface area (Å²) in [5.74, 6) is -0.0721. The van der Waals surface area contributed by atoms with Crippen molar-refractivity contribution in [1.82, 2.24) is 0 Å². The summed E-state index contributed by atoms with van der Waals surface area (Å²) in [5, 5.41) is 0. The highest BCUT2D eigenvalue weighted by Gasteiger charge is 2.48. The van der Waals surface area contributed by atoms with Crippen LogP contribution in [-0.2, 0) is 24.4 Å². The molecule has 5 nitrogen and oxygen atoms in total. The Morgan fingerprint density at radius 2 is 2.00 bits per heavy atom. The molecule has 2 aliphatic heterocycles. The van der Waals surface area contributed by atoms with Crippen LogP contribution in [0.4, 0.5) is 0 Å².